The minimum absolute atomic E-state index is 0.0937. The standard InChI is InChI=1S/C13H8O4/c14-10-3-1-8-5-9-2-4-11(15)7-13(9)17-16-12(8)6-10/h1-7,14H. The fraction of sp³-hybridized carbons (Fsp3) is 0. The Morgan fingerprint density at radius 1 is 1.06 bits per heavy atom. The Labute approximate surface area is 97.0 Å². The topological polar surface area (TPSA) is 55.8 Å². The second-order valence-electron chi connectivity index (χ2n) is 3.73. The molecule has 2 aliphatic rings. The summed E-state index contributed by atoms with van der Waals surface area (Å²) >= 11 is 0. The molecule has 0 saturated carbocycles. The Morgan fingerprint density at radius 3 is 2.82 bits per heavy atom. The first-order valence-corrected chi connectivity index (χ1v) is 5.06. The largest absolute Gasteiger partial charge is 0.508 e. The summed E-state index contributed by atoms with van der Waals surface area (Å²) in [7, 11) is 0. The van der Waals surface area contributed by atoms with Crippen LogP contribution in [0, 0.1) is 0 Å². The summed E-state index contributed by atoms with van der Waals surface area (Å²) in [6.07, 6.45) is 6.32. The van der Waals surface area contributed by atoms with Gasteiger partial charge in [0.2, 0.25) is 0 Å². The van der Waals surface area contributed by atoms with Gasteiger partial charge in [-0.05, 0) is 30.4 Å². The first-order valence-electron chi connectivity index (χ1n) is 5.06. The zero-order chi connectivity index (χ0) is 11.8. The Bertz CT molecular complexity index is 593. The molecule has 0 amide bonds. The molecule has 0 fully saturated rings. The Hall–Kier alpha value is -2.49. The zero-order valence-electron chi connectivity index (χ0n) is 8.71. The molecule has 17 heavy (non-hydrogen) atoms. The first kappa shape index (κ1) is 9.72. The van der Waals surface area contributed by atoms with E-state index < -0.39 is 0 Å². The lowest BCUT2D eigenvalue weighted by Gasteiger charge is -2.08. The van der Waals surface area contributed by atoms with Crippen LogP contribution < -0.4 is 4.89 Å². The van der Waals surface area contributed by atoms with Crippen molar-refractivity contribution in [3.05, 3.63) is 53.3 Å². The number of aromatic hydroxyl groups is 1. The summed E-state index contributed by atoms with van der Waals surface area (Å²) in [4.78, 5) is 21.3. The van der Waals surface area contributed by atoms with Crippen molar-refractivity contribution in [1.29, 1.82) is 0 Å². The monoisotopic (exact) mass is 228 g/mol. The number of hydrogen-bond donors (Lipinski definition) is 1. The van der Waals surface area contributed by atoms with Gasteiger partial charge in [-0.25, -0.2) is 0 Å². The van der Waals surface area contributed by atoms with Crippen molar-refractivity contribution in [2.45, 2.75) is 0 Å². The van der Waals surface area contributed by atoms with Crippen LogP contribution in [0.15, 0.2) is 47.8 Å². The van der Waals surface area contributed by atoms with Crippen LogP contribution in [0.1, 0.15) is 5.56 Å². The van der Waals surface area contributed by atoms with Gasteiger partial charge in [0.1, 0.15) is 5.75 Å². The number of ketones is 1. The summed E-state index contributed by atoms with van der Waals surface area (Å²) in [5, 5.41) is 9.34. The van der Waals surface area contributed by atoms with Gasteiger partial charge in [0.25, 0.3) is 0 Å². The highest BCUT2D eigenvalue weighted by Crippen LogP contribution is 2.32. The lowest BCUT2D eigenvalue weighted by molar-refractivity contribution is -0.162. The average molecular weight is 228 g/mol. The van der Waals surface area contributed by atoms with Crippen LogP contribution in [0.3, 0.4) is 0 Å². The number of phenols is 1. The van der Waals surface area contributed by atoms with Gasteiger partial charge in [-0.3, -0.25) is 14.6 Å². The van der Waals surface area contributed by atoms with Gasteiger partial charge in [0, 0.05) is 23.3 Å². The predicted molar refractivity (Wildman–Crippen MR) is 60.0 cm³/mol. The van der Waals surface area contributed by atoms with Gasteiger partial charge in [0.15, 0.2) is 17.3 Å². The van der Waals surface area contributed by atoms with E-state index in [2.05, 4.69) is 0 Å². The summed E-state index contributed by atoms with van der Waals surface area (Å²) in [6.45, 7) is 0. The third-order valence-electron chi connectivity index (χ3n) is 2.51. The molecule has 0 saturated heterocycles. The lowest BCUT2D eigenvalue weighted by atomic mass is 10.0. The van der Waals surface area contributed by atoms with E-state index >= 15 is 0 Å². The summed E-state index contributed by atoms with van der Waals surface area (Å²) in [6, 6.07) is 4.73. The van der Waals surface area contributed by atoms with Gasteiger partial charge in [-0.2, -0.15) is 0 Å². The van der Waals surface area contributed by atoms with Crippen LogP contribution >= 0.6 is 0 Å². The molecule has 4 heteroatoms. The molecule has 1 aliphatic heterocycles. The highest BCUT2D eigenvalue weighted by molar-refractivity contribution is 6.02. The van der Waals surface area contributed by atoms with E-state index in [0.717, 1.165) is 11.1 Å². The number of benzene rings is 1. The number of carbonyl (C=O) groups excluding carboxylic acids is 1. The van der Waals surface area contributed by atoms with Gasteiger partial charge < -0.3 is 5.11 Å². The number of phenolic OH excluding ortho intramolecular Hbond substituents is 1. The van der Waals surface area contributed by atoms with Crippen molar-refractivity contribution < 1.29 is 19.7 Å². The van der Waals surface area contributed by atoms with Gasteiger partial charge in [0.05, 0.1) is 0 Å². The Balaban J connectivity index is 2.11. The van der Waals surface area contributed by atoms with E-state index in [4.69, 9.17) is 9.78 Å². The van der Waals surface area contributed by atoms with Crippen molar-refractivity contribution in [2.75, 3.05) is 0 Å². The summed E-state index contributed by atoms with van der Waals surface area (Å²) < 4.78 is 0. The zero-order valence-corrected chi connectivity index (χ0v) is 8.71. The van der Waals surface area contributed by atoms with E-state index in [1.54, 1.807) is 18.2 Å². The second kappa shape index (κ2) is 3.52. The van der Waals surface area contributed by atoms with Crippen molar-refractivity contribution in [1.82, 2.24) is 0 Å². The van der Waals surface area contributed by atoms with Crippen molar-refractivity contribution >= 4 is 11.9 Å². The quantitative estimate of drug-likeness (QED) is 0.691. The number of allylic oxidation sites excluding steroid dienone is 3. The fourth-order valence-electron chi connectivity index (χ4n) is 1.68. The third-order valence-corrected chi connectivity index (χ3v) is 2.51. The van der Waals surface area contributed by atoms with Gasteiger partial charge in [-0.1, -0.05) is 0 Å². The van der Waals surface area contributed by atoms with Crippen molar-refractivity contribution in [3.8, 4) is 11.5 Å². The van der Waals surface area contributed by atoms with Crippen LogP contribution in [0.2, 0.25) is 0 Å². The molecule has 1 aliphatic carbocycles. The molecular weight excluding hydrogens is 220 g/mol. The van der Waals surface area contributed by atoms with Crippen LogP contribution in [-0.4, -0.2) is 10.9 Å². The van der Waals surface area contributed by atoms with Crippen LogP contribution in [0.4, 0.5) is 0 Å². The highest BCUT2D eigenvalue weighted by Gasteiger charge is 2.18. The highest BCUT2D eigenvalue weighted by atomic mass is 17.2. The molecule has 84 valence electrons. The second-order valence-corrected chi connectivity index (χ2v) is 3.73. The van der Waals surface area contributed by atoms with Crippen LogP contribution in [-0.2, 0) is 9.68 Å². The van der Waals surface area contributed by atoms with Crippen LogP contribution in [0.5, 0.6) is 11.5 Å². The Morgan fingerprint density at radius 2 is 1.94 bits per heavy atom. The van der Waals surface area contributed by atoms with Crippen molar-refractivity contribution in [2.24, 2.45) is 0 Å². The molecule has 1 aromatic carbocycles. The summed E-state index contributed by atoms with van der Waals surface area (Å²) in [5.74, 6) is 0.729. The molecule has 0 bridgehead atoms. The molecule has 0 aromatic heterocycles. The SMILES string of the molecule is O=C1C=CC2=Cc3ccc(O)cc3OOC2=C1. The smallest absolute Gasteiger partial charge is 0.189 e. The molecule has 3 rings (SSSR count). The van der Waals surface area contributed by atoms with E-state index in [9.17, 15) is 9.90 Å². The molecule has 0 atom stereocenters. The lowest BCUT2D eigenvalue weighted by Crippen LogP contribution is -2.03. The molecule has 0 radical (unpaired) electrons. The molecule has 0 spiro atoms. The number of fused-ring (bicyclic) bond motifs is 2. The Kier molecular flexibility index (Phi) is 2.01. The van der Waals surface area contributed by atoms with Crippen LogP contribution in [0.25, 0.3) is 6.08 Å². The molecule has 4 nitrogen and oxygen atoms in total. The normalized spacial score (nSPS) is 16.8. The first-order chi connectivity index (χ1) is 8.22. The van der Waals surface area contributed by atoms with Crippen molar-refractivity contribution in [3.63, 3.8) is 0 Å². The number of rotatable bonds is 0. The predicted octanol–water partition coefficient (Wildman–Crippen LogP) is 2.12. The maximum Gasteiger partial charge on any atom is 0.189 e. The summed E-state index contributed by atoms with van der Waals surface area (Å²) in [5.41, 5.74) is 1.54. The van der Waals surface area contributed by atoms with E-state index in [1.807, 2.05) is 6.08 Å². The van der Waals surface area contributed by atoms with Gasteiger partial charge >= 0.3 is 0 Å². The number of carbonyl (C=O) groups is 1. The fourth-order valence-corrected chi connectivity index (χ4v) is 1.68. The van der Waals surface area contributed by atoms with E-state index in [-0.39, 0.29) is 11.5 Å². The molecule has 1 N–H and O–H groups in total. The van der Waals surface area contributed by atoms with E-state index in [0.29, 0.717) is 11.5 Å². The maximum atomic E-state index is 11.2. The molecular formula is C13H8O4. The minimum atomic E-state index is -0.144. The molecule has 1 aromatic rings. The molecule has 0 unspecified atom stereocenters. The third kappa shape index (κ3) is 1.69. The van der Waals surface area contributed by atoms with Gasteiger partial charge in [-0.15, -0.1) is 0 Å². The maximum absolute atomic E-state index is 11.2. The minimum Gasteiger partial charge on any atom is -0.508 e. The molecule has 1 heterocycles. The van der Waals surface area contributed by atoms with E-state index in [1.165, 1.54) is 18.2 Å². The number of hydrogen-bond acceptors (Lipinski definition) is 4. The average Bonchev–Trinajstić information content (AvgIpc) is 2.48.